The Labute approximate surface area is 151 Å². The number of nitrogens with one attached hydrogen (secondary N) is 1. The van der Waals surface area contributed by atoms with Gasteiger partial charge in [0.2, 0.25) is 0 Å². The number of halogens is 2. The third kappa shape index (κ3) is 5.33. The highest BCUT2D eigenvalue weighted by molar-refractivity contribution is 9.10. The Hall–Kier alpha value is -1.39. The molecule has 0 saturated heterocycles. The summed E-state index contributed by atoms with van der Waals surface area (Å²) >= 11 is 9.51. The van der Waals surface area contributed by atoms with Gasteiger partial charge in [-0.2, -0.15) is 0 Å². The zero-order chi connectivity index (χ0) is 16.8. The van der Waals surface area contributed by atoms with Gasteiger partial charge in [0, 0.05) is 21.7 Å². The van der Waals surface area contributed by atoms with Gasteiger partial charge in [0.1, 0.15) is 0 Å². The van der Waals surface area contributed by atoms with E-state index >= 15 is 0 Å². The standard InChI is InChI=1S/C18H21BrClNO2/c1-4-22-17-9-13(16(19)10-18(17)23-12(2)3)11-21-15-7-5-14(20)6-8-15/h5-10,12,21H,4,11H2,1-3H3. The molecule has 0 aliphatic carbocycles. The highest BCUT2D eigenvalue weighted by Gasteiger charge is 2.12. The molecule has 0 radical (unpaired) electrons. The minimum absolute atomic E-state index is 0.0964. The van der Waals surface area contributed by atoms with Gasteiger partial charge in [0.25, 0.3) is 0 Å². The molecule has 0 aromatic heterocycles. The molecule has 0 aliphatic heterocycles. The molecule has 2 aromatic carbocycles. The van der Waals surface area contributed by atoms with Crippen molar-refractivity contribution >= 4 is 33.2 Å². The van der Waals surface area contributed by atoms with Crippen molar-refractivity contribution in [3.63, 3.8) is 0 Å². The van der Waals surface area contributed by atoms with Gasteiger partial charge < -0.3 is 14.8 Å². The Morgan fingerprint density at radius 2 is 1.83 bits per heavy atom. The lowest BCUT2D eigenvalue weighted by atomic mass is 10.2. The highest BCUT2D eigenvalue weighted by Crippen LogP contribution is 2.35. The van der Waals surface area contributed by atoms with E-state index in [4.69, 9.17) is 21.1 Å². The SMILES string of the molecule is CCOc1cc(CNc2ccc(Cl)cc2)c(Br)cc1OC(C)C. The molecule has 23 heavy (non-hydrogen) atoms. The van der Waals surface area contributed by atoms with E-state index in [0.717, 1.165) is 32.2 Å². The lowest BCUT2D eigenvalue weighted by Crippen LogP contribution is -2.08. The number of anilines is 1. The van der Waals surface area contributed by atoms with Crippen LogP contribution in [0.4, 0.5) is 5.69 Å². The van der Waals surface area contributed by atoms with Crippen molar-refractivity contribution in [1.82, 2.24) is 0 Å². The molecule has 0 unspecified atom stereocenters. The van der Waals surface area contributed by atoms with Crippen LogP contribution in [0.25, 0.3) is 0 Å². The molecule has 0 heterocycles. The van der Waals surface area contributed by atoms with E-state index in [-0.39, 0.29) is 6.10 Å². The lowest BCUT2D eigenvalue weighted by Gasteiger charge is -2.17. The minimum Gasteiger partial charge on any atom is -0.490 e. The van der Waals surface area contributed by atoms with E-state index in [1.165, 1.54) is 0 Å². The Bertz CT molecular complexity index is 644. The minimum atomic E-state index is 0.0964. The Balaban J connectivity index is 2.17. The van der Waals surface area contributed by atoms with E-state index in [1.807, 2.05) is 57.2 Å². The summed E-state index contributed by atoms with van der Waals surface area (Å²) in [6.45, 7) is 7.23. The molecule has 0 bridgehead atoms. The second-order valence-electron chi connectivity index (χ2n) is 5.35. The number of hydrogen-bond donors (Lipinski definition) is 1. The fraction of sp³-hybridized carbons (Fsp3) is 0.333. The summed E-state index contributed by atoms with van der Waals surface area (Å²) in [5.74, 6) is 1.52. The highest BCUT2D eigenvalue weighted by atomic mass is 79.9. The summed E-state index contributed by atoms with van der Waals surface area (Å²) in [6, 6.07) is 11.6. The zero-order valence-electron chi connectivity index (χ0n) is 13.5. The number of rotatable bonds is 7. The molecule has 0 saturated carbocycles. The van der Waals surface area contributed by atoms with Crippen LogP contribution in [-0.4, -0.2) is 12.7 Å². The fourth-order valence-electron chi connectivity index (χ4n) is 2.09. The summed E-state index contributed by atoms with van der Waals surface area (Å²) in [5.41, 5.74) is 2.11. The van der Waals surface area contributed by atoms with Crippen LogP contribution in [0.3, 0.4) is 0 Å². The van der Waals surface area contributed by atoms with Gasteiger partial charge in [-0.05, 0) is 62.7 Å². The predicted octanol–water partition coefficient (Wildman–Crippen LogP) is 5.90. The van der Waals surface area contributed by atoms with Crippen molar-refractivity contribution in [2.75, 3.05) is 11.9 Å². The fourth-order valence-corrected chi connectivity index (χ4v) is 2.68. The van der Waals surface area contributed by atoms with Crippen LogP contribution in [0.5, 0.6) is 11.5 Å². The third-order valence-electron chi connectivity index (χ3n) is 3.10. The number of hydrogen-bond acceptors (Lipinski definition) is 3. The maximum atomic E-state index is 5.90. The van der Waals surface area contributed by atoms with Crippen LogP contribution >= 0.6 is 27.5 Å². The third-order valence-corrected chi connectivity index (χ3v) is 4.09. The van der Waals surface area contributed by atoms with Gasteiger partial charge in [-0.15, -0.1) is 0 Å². The van der Waals surface area contributed by atoms with Crippen molar-refractivity contribution in [3.8, 4) is 11.5 Å². The van der Waals surface area contributed by atoms with Crippen molar-refractivity contribution in [2.45, 2.75) is 33.4 Å². The summed E-state index contributed by atoms with van der Waals surface area (Å²) in [4.78, 5) is 0. The summed E-state index contributed by atoms with van der Waals surface area (Å²) in [5, 5.41) is 4.10. The smallest absolute Gasteiger partial charge is 0.162 e. The van der Waals surface area contributed by atoms with Crippen LogP contribution in [0.1, 0.15) is 26.3 Å². The molecule has 0 atom stereocenters. The van der Waals surface area contributed by atoms with Gasteiger partial charge in [0.05, 0.1) is 12.7 Å². The van der Waals surface area contributed by atoms with Crippen molar-refractivity contribution in [3.05, 3.63) is 51.5 Å². The molecule has 0 spiro atoms. The van der Waals surface area contributed by atoms with Crippen molar-refractivity contribution < 1.29 is 9.47 Å². The predicted molar refractivity (Wildman–Crippen MR) is 99.9 cm³/mol. The van der Waals surface area contributed by atoms with E-state index in [1.54, 1.807) is 0 Å². The molecular formula is C18H21BrClNO2. The van der Waals surface area contributed by atoms with Crippen LogP contribution in [0.2, 0.25) is 5.02 Å². The number of benzene rings is 2. The Kier molecular flexibility index (Phi) is 6.60. The van der Waals surface area contributed by atoms with E-state index in [0.29, 0.717) is 13.2 Å². The van der Waals surface area contributed by atoms with Crippen LogP contribution < -0.4 is 14.8 Å². The molecule has 2 aromatic rings. The molecule has 0 amide bonds. The van der Waals surface area contributed by atoms with E-state index < -0.39 is 0 Å². The van der Waals surface area contributed by atoms with Gasteiger partial charge in [-0.1, -0.05) is 27.5 Å². The maximum Gasteiger partial charge on any atom is 0.162 e. The van der Waals surface area contributed by atoms with Crippen LogP contribution in [0.15, 0.2) is 40.9 Å². The summed E-state index contributed by atoms with van der Waals surface area (Å²) in [7, 11) is 0. The molecule has 0 fully saturated rings. The first-order valence-corrected chi connectivity index (χ1v) is 8.78. The zero-order valence-corrected chi connectivity index (χ0v) is 15.9. The Morgan fingerprint density at radius 1 is 1.13 bits per heavy atom. The topological polar surface area (TPSA) is 30.5 Å². The van der Waals surface area contributed by atoms with Gasteiger partial charge >= 0.3 is 0 Å². The maximum absolute atomic E-state index is 5.90. The average molecular weight is 399 g/mol. The molecular weight excluding hydrogens is 378 g/mol. The monoisotopic (exact) mass is 397 g/mol. The van der Waals surface area contributed by atoms with Gasteiger partial charge in [0.15, 0.2) is 11.5 Å². The number of ether oxygens (including phenoxy) is 2. The van der Waals surface area contributed by atoms with Crippen molar-refractivity contribution in [1.29, 1.82) is 0 Å². The Morgan fingerprint density at radius 3 is 2.43 bits per heavy atom. The molecule has 0 aliphatic rings. The van der Waals surface area contributed by atoms with Crippen molar-refractivity contribution in [2.24, 2.45) is 0 Å². The second kappa shape index (κ2) is 8.46. The molecule has 124 valence electrons. The van der Waals surface area contributed by atoms with Crippen LogP contribution in [0, 0.1) is 0 Å². The molecule has 2 rings (SSSR count). The van der Waals surface area contributed by atoms with E-state index in [2.05, 4.69) is 21.2 Å². The first kappa shape index (κ1) is 18.0. The largest absolute Gasteiger partial charge is 0.490 e. The first-order chi connectivity index (χ1) is 11.0. The quantitative estimate of drug-likeness (QED) is 0.630. The van der Waals surface area contributed by atoms with Crippen LogP contribution in [-0.2, 0) is 6.54 Å². The molecule has 5 heteroatoms. The second-order valence-corrected chi connectivity index (χ2v) is 6.64. The van der Waals surface area contributed by atoms with Gasteiger partial charge in [-0.3, -0.25) is 0 Å². The first-order valence-electron chi connectivity index (χ1n) is 7.61. The van der Waals surface area contributed by atoms with Gasteiger partial charge in [-0.25, -0.2) is 0 Å². The summed E-state index contributed by atoms with van der Waals surface area (Å²) < 4.78 is 12.5. The molecule has 1 N–H and O–H groups in total. The lowest BCUT2D eigenvalue weighted by molar-refractivity contribution is 0.223. The normalized spacial score (nSPS) is 10.7. The average Bonchev–Trinajstić information content (AvgIpc) is 2.50. The molecule has 3 nitrogen and oxygen atoms in total. The summed E-state index contributed by atoms with van der Waals surface area (Å²) in [6.07, 6.45) is 0.0964. The van der Waals surface area contributed by atoms with E-state index in [9.17, 15) is 0 Å².